The van der Waals surface area contributed by atoms with Crippen molar-refractivity contribution in [3.63, 3.8) is 0 Å². The summed E-state index contributed by atoms with van der Waals surface area (Å²) in [6.45, 7) is 17.2. The minimum atomic E-state index is -0.988. The Morgan fingerprint density at radius 3 is 2.30 bits per heavy atom. The number of carbonyl (C=O) groups excluding carboxylic acids is 2. The van der Waals surface area contributed by atoms with Crippen molar-refractivity contribution in [2.45, 2.75) is 113 Å². The van der Waals surface area contributed by atoms with E-state index in [9.17, 15) is 19.5 Å². The summed E-state index contributed by atoms with van der Waals surface area (Å²) in [5.41, 5.74) is 0.566. The van der Waals surface area contributed by atoms with Crippen LogP contribution in [-0.2, 0) is 19.1 Å². The molecule has 0 aromatic heterocycles. The molecule has 5 aliphatic carbocycles. The first kappa shape index (κ1) is 26.7. The van der Waals surface area contributed by atoms with Crippen molar-refractivity contribution in [1.29, 1.82) is 0 Å². The molecule has 5 nitrogen and oxygen atoms in total. The summed E-state index contributed by atoms with van der Waals surface area (Å²) in [6.07, 6.45) is 10.3. The van der Waals surface area contributed by atoms with E-state index < -0.39 is 17.5 Å². The molecule has 0 aromatic rings. The lowest BCUT2D eigenvalue weighted by atomic mass is 9.35. The first-order valence-electron chi connectivity index (χ1n) is 14.3. The van der Waals surface area contributed by atoms with Gasteiger partial charge in [0.1, 0.15) is 11.9 Å². The lowest BCUT2D eigenvalue weighted by Gasteiger charge is -2.68. The number of hydrogen-bond donors (Lipinski definition) is 1. The molecule has 1 N–H and O–H groups in total. The zero-order valence-electron chi connectivity index (χ0n) is 24.1. The average Bonchev–Trinajstić information content (AvgIpc) is 2.77. The van der Waals surface area contributed by atoms with Crippen molar-refractivity contribution < 1.29 is 24.2 Å². The highest BCUT2D eigenvalue weighted by Crippen LogP contribution is 2.74. The molecular weight excluding hydrogens is 464 g/mol. The van der Waals surface area contributed by atoms with Gasteiger partial charge in [0, 0.05) is 30.6 Å². The van der Waals surface area contributed by atoms with Gasteiger partial charge in [0.15, 0.2) is 0 Å². The van der Waals surface area contributed by atoms with Crippen LogP contribution in [-0.4, -0.2) is 28.9 Å². The second-order valence-corrected chi connectivity index (χ2v) is 15.1. The van der Waals surface area contributed by atoms with Crippen LogP contribution in [0.3, 0.4) is 0 Å². The highest BCUT2D eigenvalue weighted by atomic mass is 16.5. The highest BCUT2D eigenvalue weighted by molar-refractivity contribution is 5.85. The van der Waals surface area contributed by atoms with Crippen LogP contribution in [0.4, 0.5) is 0 Å². The van der Waals surface area contributed by atoms with Gasteiger partial charge < -0.3 is 9.84 Å². The van der Waals surface area contributed by atoms with Crippen LogP contribution >= 0.6 is 0 Å². The van der Waals surface area contributed by atoms with Gasteiger partial charge in [-0.05, 0) is 77.8 Å². The Balaban J connectivity index is 1.66. The van der Waals surface area contributed by atoms with Crippen LogP contribution in [0.2, 0.25) is 0 Å². The topological polar surface area (TPSA) is 80.7 Å². The third-order valence-electron chi connectivity index (χ3n) is 12.6. The van der Waals surface area contributed by atoms with E-state index in [1.165, 1.54) is 12.5 Å². The van der Waals surface area contributed by atoms with Gasteiger partial charge in [-0.3, -0.25) is 14.4 Å². The fourth-order valence-electron chi connectivity index (χ4n) is 10.1. The zero-order chi connectivity index (χ0) is 27.4. The van der Waals surface area contributed by atoms with Gasteiger partial charge in [-0.25, -0.2) is 0 Å². The maximum atomic E-state index is 13.0. The second kappa shape index (κ2) is 7.82. The summed E-state index contributed by atoms with van der Waals surface area (Å²) in [6, 6.07) is 0. The van der Waals surface area contributed by atoms with Gasteiger partial charge in [-0.2, -0.15) is 0 Å². The van der Waals surface area contributed by atoms with E-state index in [-0.39, 0.29) is 33.0 Å². The summed E-state index contributed by atoms with van der Waals surface area (Å²) in [5, 5.41) is 10.7. The van der Waals surface area contributed by atoms with Gasteiger partial charge in [0.25, 0.3) is 0 Å². The minimum absolute atomic E-state index is 0.00661. The number of fused-ring (bicyclic) bond motifs is 6. The highest BCUT2D eigenvalue weighted by Gasteiger charge is 2.68. The Morgan fingerprint density at radius 2 is 1.68 bits per heavy atom. The first-order valence-corrected chi connectivity index (χ1v) is 14.3. The van der Waals surface area contributed by atoms with Crippen molar-refractivity contribution >= 4 is 17.7 Å². The SMILES string of the molecule is CC(=O)OC1C[C@]2(C(=O)O)CC[C@]3(C)C(=C2CC1(C)C)C=C[C@@H]1[C@@]2(C)CCC(=O)C(C)(C)C2CC[C@]13C. The van der Waals surface area contributed by atoms with Gasteiger partial charge in [-0.1, -0.05) is 60.6 Å². The number of carboxylic acid groups (broad SMARTS) is 1. The molecule has 5 heteroatoms. The molecule has 0 amide bonds. The standard InChI is InChI=1S/C32H46O5/c1-19(33)37-25-18-32(26(35)36)16-15-30(7)20(21(32)17-27(25,2)3)9-10-23-29(6)13-12-24(34)28(4,5)22(29)11-14-31(23,30)8/h9-10,22-23,25H,11-18H2,1-8H3,(H,35,36)/t22?,23-,25?,29+,30-,31-,32-/m1/s1. The van der Waals surface area contributed by atoms with E-state index in [0.717, 1.165) is 31.3 Å². The molecule has 0 radical (unpaired) electrons. The normalized spacial score (nSPS) is 45.7. The minimum Gasteiger partial charge on any atom is -0.481 e. The third-order valence-corrected chi connectivity index (χ3v) is 12.6. The zero-order valence-corrected chi connectivity index (χ0v) is 24.1. The molecule has 0 aliphatic heterocycles. The summed E-state index contributed by atoms with van der Waals surface area (Å²) in [4.78, 5) is 37.9. The summed E-state index contributed by atoms with van der Waals surface area (Å²) in [5.74, 6) is -0.0105. The number of ketones is 1. The van der Waals surface area contributed by atoms with Gasteiger partial charge in [-0.15, -0.1) is 0 Å². The maximum absolute atomic E-state index is 13.0. The molecule has 2 unspecified atom stereocenters. The van der Waals surface area contributed by atoms with Crippen LogP contribution in [0, 0.1) is 44.3 Å². The summed E-state index contributed by atoms with van der Waals surface area (Å²) >= 11 is 0. The number of aliphatic carboxylic acids is 1. The molecule has 3 saturated carbocycles. The molecule has 0 heterocycles. The van der Waals surface area contributed by atoms with Crippen molar-refractivity contribution in [1.82, 2.24) is 0 Å². The van der Waals surface area contributed by atoms with E-state index in [1.54, 1.807) is 0 Å². The van der Waals surface area contributed by atoms with Crippen molar-refractivity contribution in [3.05, 3.63) is 23.3 Å². The molecule has 7 atom stereocenters. The Morgan fingerprint density at radius 1 is 1.00 bits per heavy atom. The predicted octanol–water partition coefficient (Wildman–Crippen LogP) is 6.90. The second-order valence-electron chi connectivity index (χ2n) is 15.1. The van der Waals surface area contributed by atoms with Crippen LogP contribution < -0.4 is 0 Å². The van der Waals surface area contributed by atoms with Crippen LogP contribution in [0.5, 0.6) is 0 Å². The molecule has 0 aromatic carbocycles. The molecule has 0 spiro atoms. The lowest BCUT2D eigenvalue weighted by molar-refractivity contribution is -0.174. The molecule has 5 aliphatic rings. The van der Waals surface area contributed by atoms with E-state index >= 15 is 0 Å². The molecular formula is C32H46O5. The summed E-state index contributed by atoms with van der Waals surface area (Å²) < 4.78 is 5.73. The molecule has 0 bridgehead atoms. The molecule has 0 saturated heterocycles. The Kier molecular flexibility index (Phi) is 5.64. The number of rotatable bonds is 2. The number of esters is 1. The van der Waals surface area contributed by atoms with Gasteiger partial charge in [0.2, 0.25) is 0 Å². The molecule has 37 heavy (non-hydrogen) atoms. The van der Waals surface area contributed by atoms with Crippen molar-refractivity contribution in [3.8, 4) is 0 Å². The number of allylic oxidation sites excluding steroid dienone is 3. The van der Waals surface area contributed by atoms with Gasteiger partial charge in [0.05, 0.1) is 5.41 Å². The predicted molar refractivity (Wildman–Crippen MR) is 143 cm³/mol. The van der Waals surface area contributed by atoms with E-state index in [0.29, 0.717) is 43.3 Å². The largest absolute Gasteiger partial charge is 0.481 e. The first-order chi connectivity index (χ1) is 17.0. The summed E-state index contributed by atoms with van der Waals surface area (Å²) in [7, 11) is 0. The lowest BCUT2D eigenvalue weighted by Crippen LogP contribution is -2.63. The fraction of sp³-hybridized carbons (Fsp3) is 0.781. The van der Waals surface area contributed by atoms with E-state index in [1.807, 2.05) is 0 Å². The number of carbonyl (C=O) groups is 3. The Labute approximate surface area is 222 Å². The Bertz CT molecular complexity index is 1130. The monoisotopic (exact) mass is 510 g/mol. The van der Waals surface area contributed by atoms with Crippen molar-refractivity contribution in [2.75, 3.05) is 0 Å². The average molecular weight is 511 g/mol. The molecule has 3 fully saturated rings. The smallest absolute Gasteiger partial charge is 0.313 e. The van der Waals surface area contributed by atoms with Crippen LogP contribution in [0.1, 0.15) is 107 Å². The van der Waals surface area contributed by atoms with Crippen LogP contribution in [0.15, 0.2) is 23.3 Å². The van der Waals surface area contributed by atoms with E-state index in [4.69, 9.17) is 4.74 Å². The van der Waals surface area contributed by atoms with E-state index in [2.05, 4.69) is 60.6 Å². The number of carboxylic acids is 1. The number of ether oxygens (including phenoxy) is 1. The number of Topliss-reactive ketones (excluding diaryl/α,β-unsaturated/α-hetero) is 1. The molecule has 204 valence electrons. The van der Waals surface area contributed by atoms with Crippen molar-refractivity contribution in [2.24, 2.45) is 44.3 Å². The molecule has 5 rings (SSSR count). The van der Waals surface area contributed by atoms with Crippen LogP contribution in [0.25, 0.3) is 0 Å². The Hall–Kier alpha value is -1.91. The quantitative estimate of drug-likeness (QED) is 0.409. The fourth-order valence-corrected chi connectivity index (χ4v) is 10.1. The maximum Gasteiger partial charge on any atom is 0.313 e. The number of hydrogen-bond acceptors (Lipinski definition) is 4. The van der Waals surface area contributed by atoms with Gasteiger partial charge >= 0.3 is 11.9 Å². The third kappa shape index (κ3) is 3.30.